The van der Waals surface area contributed by atoms with Crippen molar-refractivity contribution in [3.05, 3.63) is 23.5 Å². The van der Waals surface area contributed by atoms with E-state index in [4.69, 9.17) is 10.8 Å². The van der Waals surface area contributed by atoms with Crippen molar-refractivity contribution in [1.82, 2.24) is 0 Å². The Morgan fingerprint density at radius 1 is 1.47 bits per heavy atom. The number of anilines is 2. The Labute approximate surface area is 110 Å². The van der Waals surface area contributed by atoms with Crippen molar-refractivity contribution >= 4 is 27.2 Å². The zero-order chi connectivity index (χ0) is 14.6. The molecule has 19 heavy (non-hydrogen) atoms. The van der Waals surface area contributed by atoms with E-state index in [0.717, 1.165) is 6.07 Å². The van der Waals surface area contributed by atoms with Crippen LogP contribution >= 0.6 is 0 Å². The second-order valence-electron chi connectivity index (χ2n) is 3.85. The fraction of sp³-hybridized carbons (Fsp3) is 0.364. The van der Waals surface area contributed by atoms with Gasteiger partial charge >= 0.3 is 5.97 Å². The van der Waals surface area contributed by atoms with Crippen molar-refractivity contribution in [2.75, 3.05) is 29.1 Å². The molecule has 4 N–H and O–H groups in total. The van der Waals surface area contributed by atoms with Gasteiger partial charge in [-0.3, -0.25) is 0 Å². The zero-order valence-electron chi connectivity index (χ0n) is 10.3. The van der Waals surface area contributed by atoms with Crippen LogP contribution in [0.5, 0.6) is 0 Å². The van der Waals surface area contributed by atoms with Crippen LogP contribution in [0.4, 0.5) is 15.8 Å². The van der Waals surface area contributed by atoms with Crippen LogP contribution < -0.4 is 11.1 Å². The zero-order valence-corrected chi connectivity index (χ0v) is 11.1. The van der Waals surface area contributed by atoms with Crippen LogP contribution in [0.15, 0.2) is 12.1 Å². The van der Waals surface area contributed by atoms with Crippen LogP contribution in [0.2, 0.25) is 0 Å². The van der Waals surface area contributed by atoms with Crippen LogP contribution in [-0.2, 0) is 9.84 Å². The van der Waals surface area contributed by atoms with Gasteiger partial charge in [-0.2, -0.15) is 0 Å². The topological polar surface area (TPSA) is 109 Å². The van der Waals surface area contributed by atoms with Gasteiger partial charge in [-0.25, -0.2) is 17.6 Å². The molecular formula is C11H15FN2O4S. The minimum absolute atomic E-state index is 0.00598. The first kappa shape index (κ1) is 15.2. The summed E-state index contributed by atoms with van der Waals surface area (Å²) in [6.07, 6.45) is 0. The lowest BCUT2D eigenvalue weighted by molar-refractivity contribution is 0.0698. The number of hydrogen-bond acceptors (Lipinski definition) is 5. The first-order chi connectivity index (χ1) is 8.78. The molecule has 0 atom stereocenters. The molecule has 0 aliphatic carbocycles. The van der Waals surface area contributed by atoms with Crippen LogP contribution in [-0.4, -0.2) is 37.5 Å². The number of carbonyl (C=O) groups is 1. The summed E-state index contributed by atoms with van der Waals surface area (Å²) in [5, 5.41) is 11.6. The van der Waals surface area contributed by atoms with Crippen molar-refractivity contribution in [2.45, 2.75) is 6.92 Å². The van der Waals surface area contributed by atoms with E-state index < -0.39 is 32.9 Å². The van der Waals surface area contributed by atoms with Gasteiger partial charge in [-0.15, -0.1) is 0 Å². The van der Waals surface area contributed by atoms with E-state index >= 15 is 0 Å². The third kappa shape index (κ3) is 3.82. The summed E-state index contributed by atoms with van der Waals surface area (Å²) >= 11 is 0. The third-order valence-electron chi connectivity index (χ3n) is 2.57. The Kier molecular flexibility index (Phi) is 4.71. The van der Waals surface area contributed by atoms with E-state index in [2.05, 4.69) is 5.32 Å². The minimum atomic E-state index is -3.16. The second kappa shape index (κ2) is 5.87. The first-order valence-electron chi connectivity index (χ1n) is 5.54. The molecule has 0 unspecified atom stereocenters. The molecule has 6 nitrogen and oxygen atoms in total. The van der Waals surface area contributed by atoms with Crippen LogP contribution in [0, 0.1) is 5.82 Å². The number of nitrogen functional groups attached to an aromatic ring is 1. The second-order valence-corrected chi connectivity index (χ2v) is 6.32. The summed E-state index contributed by atoms with van der Waals surface area (Å²) in [4.78, 5) is 11.0. The number of nitrogens with two attached hydrogens (primary N) is 1. The number of halogens is 1. The lowest BCUT2D eigenvalue weighted by Crippen LogP contribution is -2.19. The van der Waals surface area contributed by atoms with Gasteiger partial charge in [-0.05, 0) is 12.1 Å². The van der Waals surface area contributed by atoms with Crippen molar-refractivity contribution in [2.24, 2.45) is 0 Å². The van der Waals surface area contributed by atoms with Gasteiger partial charge in [-0.1, -0.05) is 6.92 Å². The quantitative estimate of drug-likeness (QED) is 0.673. The Morgan fingerprint density at radius 3 is 2.63 bits per heavy atom. The molecule has 106 valence electrons. The maximum atomic E-state index is 13.2. The summed E-state index contributed by atoms with van der Waals surface area (Å²) in [5.41, 5.74) is 4.58. The summed E-state index contributed by atoms with van der Waals surface area (Å²) in [5.74, 6) is -2.34. The van der Waals surface area contributed by atoms with Crippen LogP contribution in [0.1, 0.15) is 17.3 Å². The lowest BCUT2D eigenvalue weighted by Gasteiger charge is -2.11. The van der Waals surface area contributed by atoms with Crippen molar-refractivity contribution in [3.8, 4) is 0 Å². The Hall–Kier alpha value is -1.83. The van der Waals surface area contributed by atoms with E-state index in [1.54, 1.807) is 0 Å². The molecule has 0 bridgehead atoms. The molecule has 0 radical (unpaired) electrons. The molecule has 8 heteroatoms. The highest BCUT2D eigenvalue weighted by Crippen LogP contribution is 2.24. The standard InChI is InChI=1S/C11H15FN2O4S/c1-2-19(17,18)6-5-14-8-4-3-7(12)10(13)9(8)11(15)16/h3-4,14H,2,5-6,13H2,1H3,(H,15,16). The molecule has 0 aliphatic rings. The SMILES string of the molecule is CCS(=O)(=O)CCNc1ccc(F)c(N)c1C(=O)O. The smallest absolute Gasteiger partial charge is 0.340 e. The summed E-state index contributed by atoms with van der Waals surface area (Å²) in [7, 11) is -3.16. The molecule has 0 amide bonds. The number of rotatable bonds is 6. The number of hydrogen-bond donors (Lipinski definition) is 3. The average molecular weight is 290 g/mol. The normalized spacial score (nSPS) is 11.3. The predicted octanol–water partition coefficient (Wildman–Crippen LogP) is 0.953. The van der Waals surface area contributed by atoms with E-state index in [1.807, 2.05) is 0 Å². The van der Waals surface area contributed by atoms with Gasteiger partial charge in [0.2, 0.25) is 0 Å². The molecule has 0 saturated carbocycles. The summed E-state index contributed by atoms with van der Waals surface area (Å²) in [6.45, 7) is 1.55. The maximum Gasteiger partial charge on any atom is 0.340 e. The number of sulfone groups is 1. The molecule has 0 heterocycles. The molecule has 0 aliphatic heterocycles. The number of carboxylic acids is 1. The maximum absolute atomic E-state index is 13.2. The van der Waals surface area contributed by atoms with Gasteiger partial charge in [0, 0.05) is 12.3 Å². The Morgan fingerprint density at radius 2 is 2.11 bits per heavy atom. The molecular weight excluding hydrogens is 275 g/mol. The number of nitrogens with one attached hydrogen (secondary N) is 1. The monoisotopic (exact) mass is 290 g/mol. The van der Waals surface area contributed by atoms with E-state index in [9.17, 15) is 17.6 Å². The number of carboxylic acid groups (broad SMARTS) is 1. The predicted molar refractivity (Wildman–Crippen MR) is 70.6 cm³/mol. The van der Waals surface area contributed by atoms with Gasteiger partial charge in [0.15, 0.2) is 9.84 Å². The van der Waals surface area contributed by atoms with Gasteiger partial charge in [0.05, 0.1) is 17.1 Å². The summed E-state index contributed by atoms with van der Waals surface area (Å²) < 4.78 is 35.8. The number of benzene rings is 1. The molecule has 0 saturated heterocycles. The average Bonchev–Trinajstić information content (AvgIpc) is 2.33. The highest BCUT2D eigenvalue weighted by molar-refractivity contribution is 7.91. The van der Waals surface area contributed by atoms with Crippen molar-refractivity contribution in [1.29, 1.82) is 0 Å². The third-order valence-corrected chi connectivity index (χ3v) is 4.28. The van der Waals surface area contributed by atoms with Gasteiger partial charge in [0.25, 0.3) is 0 Å². The molecule has 0 aromatic heterocycles. The van der Waals surface area contributed by atoms with Crippen molar-refractivity contribution in [3.63, 3.8) is 0 Å². The Balaban J connectivity index is 2.91. The molecule has 1 rings (SSSR count). The van der Waals surface area contributed by atoms with Gasteiger partial charge in [0.1, 0.15) is 11.4 Å². The van der Waals surface area contributed by atoms with Crippen LogP contribution in [0.3, 0.4) is 0 Å². The highest BCUT2D eigenvalue weighted by Gasteiger charge is 2.17. The van der Waals surface area contributed by atoms with Gasteiger partial charge < -0.3 is 16.2 Å². The van der Waals surface area contributed by atoms with E-state index in [0.29, 0.717) is 0 Å². The first-order valence-corrected chi connectivity index (χ1v) is 7.36. The molecule has 0 fully saturated rings. The fourth-order valence-electron chi connectivity index (χ4n) is 1.46. The van der Waals surface area contributed by atoms with E-state index in [-0.39, 0.29) is 23.7 Å². The molecule has 1 aromatic carbocycles. The fourth-order valence-corrected chi connectivity index (χ4v) is 2.16. The highest BCUT2D eigenvalue weighted by atomic mass is 32.2. The summed E-state index contributed by atoms with van der Waals surface area (Å²) in [6, 6.07) is 2.24. The molecule has 1 aromatic rings. The minimum Gasteiger partial charge on any atom is -0.478 e. The largest absolute Gasteiger partial charge is 0.478 e. The lowest BCUT2D eigenvalue weighted by atomic mass is 10.1. The van der Waals surface area contributed by atoms with Crippen LogP contribution in [0.25, 0.3) is 0 Å². The van der Waals surface area contributed by atoms with E-state index in [1.165, 1.54) is 13.0 Å². The Bertz CT molecular complexity index is 587. The number of aromatic carboxylic acids is 1. The van der Waals surface area contributed by atoms with Crippen molar-refractivity contribution < 1.29 is 22.7 Å². The molecule has 0 spiro atoms.